The molecular weight excluding hydrogens is 298 g/mol. The molecule has 120 valence electrons. The van der Waals surface area contributed by atoms with Crippen LogP contribution in [0.2, 0.25) is 0 Å². The Bertz CT molecular complexity index is 529. The molecule has 1 amide bonds. The summed E-state index contributed by atoms with van der Waals surface area (Å²) >= 11 is 1.73. The second kappa shape index (κ2) is 7.68. The van der Waals surface area contributed by atoms with Gasteiger partial charge in [-0.1, -0.05) is 36.8 Å². The number of rotatable bonds is 5. The predicted octanol–water partition coefficient (Wildman–Crippen LogP) is 2.59. The number of nitrogens with zero attached hydrogens (tertiary/aromatic N) is 1. The number of carboxylic acids is 1. The van der Waals surface area contributed by atoms with Gasteiger partial charge in [-0.25, -0.2) is 0 Å². The summed E-state index contributed by atoms with van der Waals surface area (Å²) in [5.41, 5.74) is 2.35. The van der Waals surface area contributed by atoms with Crippen molar-refractivity contribution < 1.29 is 14.7 Å². The maximum Gasteiger partial charge on any atom is 0.305 e. The van der Waals surface area contributed by atoms with E-state index in [0.29, 0.717) is 13.0 Å². The Morgan fingerprint density at radius 2 is 2.05 bits per heavy atom. The molecule has 1 N–H and O–H groups in total. The SMILES string of the molecule is Cc1ccc(CC(C)C(=O)N2CCSCC2CC(=O)O)cc1. The zero-order chi connectivity index (χ0) is 16.1. The summed E-state index contributed by atoms with van der Waals surface area (Å²) in [6.07, 6.45) is 0.735. The van der Waals surface area contributed by atoms with Gasteiger partial charge in [-0.2, -0.15) is 11.8 Å². The Labute approximate surface area is 135 Å². The fraction of sp³-hybridized carbons (Fsp3) is 0.529. The number of carboxylic acid groups (broad SMARTS) is 1. The van der Waals surface area contributed by atoms with Crippen LogP contribution in [-0.4, -0.2) is 46.0 Å². The van der Waals surface area contributed by atoms with Crippen LogP contribution in [0.4, 0.5) is 0 Å². The van der Waals surface area contributed by atoms with Crippen molar-refractivity contribution in [3.63, 3.8) is 0 Å². The molecule has 0 spiro atoms. The minimum atomic E-state index is -0.837. The van der Waals surface area contributed by atoms with Crippen LogP contribution in [0.3, 0.4) is 0 Å². The van der Waals surface area contributed by atoms with Crippen molar-refractivity contribution in [2.45, 2.75) is 32.7 Å². The maximum absolute atomic E-state index is 12.7. The summed E-state index contributed by atoms with van der Waals surface area (Å²) in [6, 6.07) is 8.04. The highest BCUT2D eigenvalue weighted by Crippen LogP contribution is 2.22. The first-order valence-electron chi connectivity index (χ1n) is 7.63. The Balaban J connectivity index is 2.01. The number of carbonyl (C=O) groups excluding carboxylic acids is 1. The monoisotopic (exact) mass is 321 g/mol. The molecule has 1 heterocycles. The first-order valence-corrected chi connectivity index (χ1v) is 8.78. The molecule has 2 unspecified atom stereocenters. The smallest absolute Gasteiger partial charge is 0.305 e. The van der Waals surface area contributed by atoms with E-state index in [1.165, 1.54) is 5.56 Å². The van der Waals surface area contributed by atoms with Gasteiger partial charge in [0.25, 0.3) is 0 Å². The first-order chi connectivity index (χ1) is 10.5. The summed E-state index contributed by atoms with van der Waals surface area (Å²) in [4.78, 5) is 25.4. The van der Waals surface area contributed by atoms with Gasteiger partial charge in [-0.05, 0) is 18.9 Å². The molecule has 1 aromatic carbocycles. The van der Waals surface area contributed by atoms with Crippen LogP contribution in [0, 0.1) is 12.8 Å². The first kappa shape index (κ1) is 16.9. The van der Waals surface area contributed by atoms with Crippen molar-refractivity contribution in [1.82, 2.24) is 4.90 Å². The van der Waals surface area contributed by atoms with Gasteiger partial charge in [0.05, 0.1) is 12.5 Å². The standard InChI is InChI=1S/C17H23NO3S/c1-12-3-5-14(6-4-12)9-13(2)17(21)18-7-8-22-11-15(18)10-16(19)20/h3-6,13,15H,7-11H2,1-2H3,(H,19,20). The molecule has 0 saturated carbocycles. The maximum atomic E-state index is 12.7. The van der Waals surface area contributed by atoms with E-state index in [4.69, 9.17) is 5.11 Å². The molecular formula is C17H23NO3S. The Morgan fingerprint density at radius 1 is 1.36 bits per heavy atom. The Kier molecular flexibility index (Phi) is 5.89. The van der Waals surface area contributed by atoms with Gasteiger partial charge in [-0.15, -0.1) is 0 Å². The lowest BCUT2D eigenvalue weighted by Gasteiger charge is -2.36. The molecule has 2 rings (SSSR count). The van der Waals surface area contributed by atoms with Crippen molar-refractivity contribution in [3.8, 4) is 0 Å². The number of amides is 1. The number of benzene rings is 1. The lowest BCUT2D eigenvalue weighted by molar-refractivity contribution is -0.141. The van der Waals surface area contributed by atoms with Crippen molar-refractivity contribution in [2.24, 2.45) is 5.92 Å². The van der Waals surface area contributed by atoms with E-state index in [9.17, 15) is 9.59 Å². The Hall–Kier alpha value is -1.49. The van der Waals surface area contributed by atoms with Crippen molar-refractivity contribution >= 4 is 23.6 Å². The molecule has 0 aromatic heterocycles. The second-order valence-electron chi connectivity index (χ2n) is 5.95. The van der Waals surface area contributed by atoms with E-state index in [1.807, 2.05) is 13.8 Å². The van der Waals surface area contributed by atoms with Crippen molar-refractivity contribution in [1.29, 1.82) is 0 Å². The van der Waals surface area contributed by atoms with E-state index < -0.39 is 5.97 Å². The normalized spacial score (nSPS) is 19.7. The summed E-state index contributed by atoms with van der Waals surface area (Å²) in [6.45, 7) is 4.63. The summed E-state index contributed by atoms with van der Waals surface area (Å²) in [7, 11) is 0. The summed E-state index contributed by atoms with van der Waals surface area (Å²) in [5, 5.41) is 9.02. The molecule has 1 aromatic rings. The van der Waals surface area contributed by atoms with E-state index in [-0.39, 0.29) is 24.3 Å². The number of carbonyl (C=O) groups is 2. The van der Waals surface area contributed by atoms with Gasteiger partial charge < -0.3 is 10.0 Å². The molecule has 1 saturated heterocycles. The van der Waals surface area contributed by atoms with Gasteiger partial charge in [0, 0.05) is 24.0 Å². The number of aliphatic carboxylic acids is 1. The van der Waals surface area contributed by atoms with Crippen LogP contribution in [0.1, 0.15) is 24.5 Å². The molecule has 5 heteroatoms. The van der Waals surface area contributed by atoms with E-state index in [0.717, 1.165) is 17.1 Å². The zero-order valence-corrected chi connectivity index (χ0v) is 13.9. The van der Waals surface area contributed by atoms with Crippen LogP contribution in [0.15, 0.2) is 24.3 Å². The molecule has 0 aliphatic carbocycles. The molecule has 1 fully saturated rings. The van der Waals surface area contributed by atoms with Gasteiger partial charge in [0.15, 0.2) is 0 Å². The highest BCUT2D eigenvalue weighted by molar-refractivity contribution is 7.99. The number of hydrogen-bond donors (Lipinski definition) is 1. The zero-order valence-electron chi connectivity index (χ0n) is 13.1. The van der Waals surface area contributed by atoms with Gasteiger partial charge in [0.2, 0.25) is 5.91 Å². The third kappa shape index (κ3) is 4.50. The Morgan fingerprint density at radius 3 is 2.68 bits per heavy atom. The number of thioether (sulfide) groups is 1. The van der Waals surface area contributed by atoms with Crippen LogP contribution < -0.4 is 0 Å². The van der Waals surface area contributed by atoms with Crippen LogP contribution >= 0.6 is 11.8 Å². The molecule has 0 radical (unpaired) electrons. The van der Waals surface area contributed by atoms with Crippen molar-refractivity contribution in [3.05, 3.63) is 35.4 Å². The average Bonchev–Trinajstić information content (AvgIpc) is 2.49. The van der Waals surface area contributed by atoms with Gasteiger partial charge >= 0.3 is 5.97 Å². The van der Waals surface area contributed by atoms with E-state index in [2.05, 4.69) is 24.3 Å². The molecule has 1 aliphatic rings. The quantitative estimate of drug-likeness (QED) is 0.905. The minimum Gasteiger partial charge on any atom is -0.481 e. The largest absolute Gasteiger partial charge is 0.481 e. The molecule has 1 aliphatic heterocycles. The average molecular weight is 321 g/mol. The van der Waals surface area contributed by atoms with Crippen molar-refractivity contribution in [2.75, 3.05) is 18.1 Å². The van der Waals surface area contributed by atoms with Crippen LogP contribution in [0.5, 0.6) is 0 Å². The van der Waals surface area contributed by atoms with Gasteiger partial charge in [0.1, 0.15) is 0 Å². The van der Waals surface area contributed by atoms with Crippen LogP contribution in [0.25, 0.3) is 0 Å². The predicted molar refractivity (Wildman–Crippen MR) is 89.1 cm³/mol. The highest BCUT2D eigenvalue weighted by Gasteiger charge is 2.31. The fourth-order valence-corrected chi connectivity index (χ4v) is 3.83. The highest BCUT2D eigenvalue weighted by atomic mass is 32.2. The number of aryl methyl sites for hydroxylation is 1. The van der Waals surface area contributed by atoms with Crippen LogP contribution in [-0.2, 0) is 16.0 Å². The van der Waals surface area contributed by atoms with E-state index in [1.54, 1.807) is 16.7 Å². The minimum absolute atomic E-state index is 0.0377. The molecule has 4 nitrogen and oxygen atoms in total. The lowest BCUT2D eigenvalue weighted by atomic mass is 9.98. The molecule has 2 atom stereocenters. The summed E-state index contributed by atoms with van der Waals surface area (Å²) < 4.78 is 0. The molecule has 22 heavy (non-hydrogen) atoms. The second-order valence-corrected chi connectivity index (χ2v) is 7.10. The van der Waals surface area contributed by atoms with E-state index >= 15 is 0 Å². The lowest BCUT2D eigenvalue weighted by Crippen LogP contribution is -2.49. The third-order valence-electron chi connectivity index (χ3n) is 4.00. The summed E-state index contributed by atoms with van der Waals surface area (Å²) in [5.74, 6) is 0.722. The number of hydrogen-bond acceptors (Lipinski definition) is 3. The van der Waals surface area contributed by atoms with Gasteiger partial charge in [-0.3, -0.25) is 9.59 Å². The fourth-order valence-electron chi connectivity index (χ4n) is 2.76. The molecule has 0 bridgehead atoms. The topological polar surface area (TPSA) is 57.6 Å². The third-order valence-corrected chi connectivity index (χ3v) is 5.10.